The molecule has 6 nitrogen and oxygen atoms in total. The predicted octanol–water partition coefficient (Wildman–Crippen LogP) is 1.85. The van der Waals surface area contributed by atoms with Crippen molar-refractivity contribution in [3.05, 3.63) is 64.7 Å². The number of phenols is 1. The molecule has 2 heterocycles. The monoisotopic (exact) mass is 399 g/mol. The largest absolute Gasteiger partial charge is 0.508 e. The van der Waals surface area contributed by atoms with E-state index in [1.165, 1.54) is 0 Å². The molecule has 2 aliphatic rings. The molecule has 0 spiro atoms. The quantitative estimate of drug-likeness (QED) is 0.716. The molecule has 146 valence electrons. The van der Waals surface area contributed by atoms with Crippen LogP contribution in [0.2, 0.25) is 5.02 Å². The molecule has 2 aliphatic heterocycles. The van der Waals surface area contributed by atoms with Crippen molar-refractivity contribution in [3.8, 4) is 5.75 Å². The Morgan fingerprint density at radius 2 is 1.75 bits per heavy atom. The van der Waals surface area contributed by atoms with Crippen molar-refractivity contribution < 1.29 is 14.7 Å². The number of benzene rings is 2. The molecule has 0 radical (unpaired) electrons. The molecule has 2 saturated heterocycles. The van der Waals surface area contributed by atoms with Gasteiger partial charge in [-0.05, 0) is 41.8 Å². The van der Waals surface area contributed by atoms with Gasteiger partial charge in [-0.2, -0.15) is 0 Å². The Balaban J connectivity index is 1.38. The summed E-state index contributed by atoms with van der Waals surface area (Å²) in [6.07, 6.45) is 1.02. The Bertz CT molecular complexity index is 869. The highest BCUT2D eigenvalue weighted by Gasteiger charge is 2.46. The first-order chi connectivity index (χ1) is 13.5. The van der Waals surface area contributed by atoms with Gasteiger partial charge in [0.05, 0.1) is 0 Å². The number of fused-ring (bicyclic) bond motifs is 1. The number of aromatic hydroxyl groups is 1. The normalized spacial score (nSPS) is 24.2. The molecular weight excluding hydrogens is 378 g/mol. The number of halogens is 1. The first-order valence-corrected chi connectivity index (χ1v) is 9.74. The fraction of sp³-hybridized carbons (Fsp3) is 0.333. The number of hydrogen-bond donors (Lipinski definition) is 3. The van der Waals surface area contributed by atoms with E-state index in [4.69, 9.17) is 11.6 Å². The highest BCUT2D eigenvalue weighted by atomic mass is 35.5. The Morgan fingerprint density at radius 3 is 2.46 bits per heavy atom. The first kappa shape index (κ1) is 18.8. The van der Waals surface area contributed by atoms with Gasteiger partial charge in [0, 0.05) is 30.6 Å². The SMILES string of the molecule is O=C1N[C@@H](Cc2ccc(O)cc2)C(=O)N2C[C@@H](NCc3ccc(Cl)cc3)C[C@@H]12. The molecule has 3 atom stereocenters. The fourth-order valence-electron chi connectivity index (χ4n) is 3.88. The number of amides is 2. The van der Waals surface area contributed by atoms with Crippen molar-refractivity contribution in [2.24, 2.45) is 0 Å². The van der Waals surface area contributed by atoms with E-state index in [0.717, 1.165) is 11.1 Å². The van der Waals surface area contributed by atoms with Crippen molar-refractivity contribution >= 4 is 23.4 Å². The van der Waals surface area contributed by atoms with Crippen LogP contribution >= 0.6 is 11.6 Å². The van der Waals surface area contributed by atoms with Crippen LogP contribution in [0.1, 0.15) is 17.5 Å². The molecule has 7 heteroatoms. The van der Waals surface area contributed by atoms with Crippen molar-refractivity contribution in [2.75, 3.05) is 6.54 Å². The van der Waals surface area contributed by atoms with Gasteiger partial charge in [-0.15, -0.1) is 0 Å². The minimum Gasteiger partial charge on any atom is -0.508 e. The van der Waals surface area contributed by atoms with E-state index in [1.54, 1.807) is 29.2 Å². The Kier molecular flexibility index (Phi) is 5.24. The van der Waals surface area contributed by atoms with Crippen LogP contribution in [0, 0.1) is 0 Å². The van der Waals surface area contributed by atoms with Crippen LogP contribution in [0.15, 0.2) is 48.5 Å². The number of piperazine rings is 1. The van der Waals surface area contributed by atoms with Gasteiger partial charge in [0.15, 0.2) is 0 Å². The number of carbonyl (C=O) groups is 2. The summed E-state index contributed by atoms with van der Waals surface area (Å²) < 4.78 is 0. The molecule has 2 aromatic rings. The summed E-state index contributed by atoms with van der Waals surface area (Å²) in [6.45, 7) is 1.19. The molecule has 0 bridgehead atoms. The van der Waals surface area contributed by atoms with E-state index in [0.29, 0.717) is 31.0 Å². The van der Waals surface area contributed by atoms with Gasteiger partial charge in [0.1, 0.15) is 17.8 Å². The summed E-state index contributed by atoms with van der Waals surface area (Å²) in [5.41, 5.74) is 2.00. The average Bonchev–Trinajstić information content (AvgIpc) is 3.12. The van der Waals surface area contributed by atoms with E-state index in [9.17, 15) is 14.7 Å². The number of rotatable bonds is 5. The number of nitrogens with zero attached hydrogens (tertiary/aromatic N) is 1. The number of nitrogens with one attached hydrogen (secondary N) is 2. The number of carbonyl (C=O) groups excluding carboxylic acids is 2. The van der Waals surface area contributed by atoms with Gasteiger partial charge >= 0.3 is 0 Å². The topological polar surface area (TPSA) is 81.7 Å². The average molecular weight is 400 g/mol. The van der Waals surface area contributed by atoms with Crippen LogP contribution < -0.4 is 10.6 Å². The van der Waals surface area contributed by atoms with Crippen LogP contribution in [0.25, 0.3) is 0 Å². The second-order valence-electron chi connectivity index (χ2n) is 7.38. The third kappa shape index (κ3) is 3.98. The maximum atomic E-state index is 12.9. The van der Waals surface area contributed by atoms with Crippen LogP contribution in [0.4, 0.5) is 0 Å². The van der Waals surface area contributed by atoms with E-state index < -0.39 is 12.1 Å². The van der Waals surface area contributed by atoms with Crippen molar-refractivity contribution in [1.29, 1.82) is 0 Å². The summed E-state index contributed by atoms with van der Waals surface area (Å²) in [7, 11) is 0. The molecule has 4 rings (SSSR count). The van der Waals surface area contributed by atoms with E-state index in [1.807, 2.05) is 24.3 Å². The second-order valence-corrected chi connectivity index (χ2v) is 7.81. The van der Waals surface area contributed by atoms with Crippen molar-refractivity contribution in [3.63, 3.8) is 0 Å². The van der Waals surface area contributed by atoms with Gasteiger partial charge < -0.3 is 20.6 Å². The van der Waals surface area contributed by atoms with Crippen LogP contribution in [-0.2, 0) is 22.6 Å². The smallest absolute Gasteiger partial charge is 0.246 e. The molecule has 0 saturated carbocycles. The highest BCUT2D eigenvalue weighted by molar-refractivity contribution is 6.30. The summed E-state index contributed by atoms with van der Waals surface area (Å²) in [4.78, 5) is 27.1. The van der Waals surface area contributed by atoms with Gasteiger partial charge in [0.25, 0.3) is 0 Å². The van der Waals surface area contributed by atoms with Crippen molar-refractivity contribution in [1.82, 2.24) is 15.5 Å². The fourth-order valence-corrected chi connectivity index (χ4v) is 4.00. The van der Waals surface area contributed by atoms with Gasteiger partial charge in [-0.3, -0.25) is 9.59 Å². The molecular formula is C21H22ClN3O3. The van der Waals surface area contributed by atoms with E-state index >= 15 is 0 Å². The van der Waals surface area contributed by atoms with Crippen LogP contribution in [-0.4, -0.2) is 46.5 Å². The lowest BCUT2D eigenvalue weighted by molar-refractivity contribution is -0.147. The molecule has 0 aliphatic carbocycles. The molecule has 2 amide bonds. The third-order valence-electron chi connectivity index (χ3n) is 5.39. The summed E-state index contributed by atoms with van der Waals surface area (Å²) in [6, 6.07) is 13.4. The van der Waals surface area contributed by atoms with Crippen molar-refractivity contribution in [2.45, 2.75) is 37.5 Å². The zero-order chi connectivity index (χ0) is 19.7. The Hall–Kier alpha value is -2.57. The molecule has 3 N–H and O–H groups in total. The molecule has 0 unspecified atom stereocenters. The van der Waals surface area contributed by atoms with E-state index in [-0.39, 0.29) is 23.6 Å². The molecule has 28 heavy (non-hydrogen) atoms. The van der Waals surface area contributed by atoms with Gasteiger partial charge in [0.2, 0.25) is 11.8 Å². The maximum Gasteiger partial charge on any atom is 0.246 e. The Morgan fingerprint density at radius 1 is 1.07 bits per heavy atom. The number of phenolic OH excluding ortho intramolecular Hbond substituents is 1. The lowest BCUT2D eigenvalue weighted by atomic mass is 10.0. The minimum absolute atomic E-state index is 0.0477. The number of hydrogen-bond acceptors (Lipinski definition) is 4. The molecule has 2 fully saturated rings. The Labute approximate surface area is 168 Å². The lowest BCUT2D eigenvalue weighted by Crippen LogP contribution is -2.61. The van der Waals surface area contributed by atoms with Gasteiger partial charge in [-0.1, -0.05) is 35.9 Å². The maximum absolute atomic E-state index is 12.9. The highest BCUT2D eigenvalue weighted by Crippen LogP contribution is 2.24. The zero-order valence-corrected chi connectivity index (χ0v) is 16.0. The van der Waals surface area contributed by atoms with E-state index in [2.05, 4.69) is 10.6 Å². The first-order valence-electron chi connectivity index (χ1n) is 9.36. The lowest BCUT2D eigenvalue weighted by Gasteiger charge is -2.34. The summed E-state index contributed by atoms with van der Waals surface area (Å²) in [5.74, 6) is 0.0320. The third-order valence-corrected chi connectivity index (χ3v) is 5.64. The molecule has 2 aromatic carbocycles. The van der Waals surface area contributed by atoms with Crippen LogP contribution in [0.5, 0.6) is 5.75 Å². The standard InChI is InChI=1S/C21H22ClN3O3/c22-15-5-1-14(2-6-15)11-23-16-10-19-20(27)24-18(21(28)25(19)12-16)9-13-3-7-17(26)8-4-13/h1-8,16,18-19,23,26H,9-12H2,(H,24,27)/t16-,18-,19-/m0/s1. The zero-order valence-electron chi connectivity index (χ0n) is 15.3. The van der Waals surface area contributed by atoms with Crippen LogP contribution in [0.3, 0.4) is 0 Å². The minimum atomic E-state index is -0.566. The molecule has 0 aromatic heterocycles. The van der Waals surface area contributed by atoms with Gasteiger partial charge in [-0.25, -0.2) is 0 Å². The summed E-state index contributed by atoms with van der Waals surface area (Å²) in [5, 5.41) is 16.4. The summed E-state index contributed by atoms with van der Waals surface area (Å²) >= 11 is 5.91. The second kappa shape index (κ2) is 7.81. The predicted molar refractivity (Wildman–Crippen MR) is 106 cm³/mol.